The first-order valence-electron chi connectivity index (χ1n) is 7.64. The van der Waals surface area contributed by atoms with Gasteiger partial charge in [0, 0.05) is 19.6 Å². The van der Waals surface area contributed by atoms with Gasteiger partial charge < -0.3 is 30.1 Å². The van der Waals surface area contributed by atoms with Gasteiger partial charge in [0.15, 0.2) is 0 Å². The van der Waals surface area contributed by atoms with Crippen molar-refractivity contribution in [2.45, 2.75) is 19.4 Å². The van der Waals surface area contributed by atoms with E-state index < -0.39 is 11.9 Å². The summed E-state index contributed by atoms with van der Waals surface area (Å²) in [6, 6.07) is 0. The Bertz CT molecular complexity index is 399. The van der Waals surface area contributed by atoms with Crippen LogP contribution < -0.4 is 5.73 Å². The zero-order valence-electron chi connectivity index (χ0n) is 14.4. The number of likely N-dealkylation sites (N-methyl/N-ethyl adjacent to an activating group) is 1. The fourth-order valence-electron chi connectivity index (χ4n) is 2.12. The lowest BCUT2D eigenvalue weighted by Crippen LogP contribution is -2.47. The van der Waals surface area contributed by atoms with E-state index in [9.17, 15) is 9.59 Å². The molecule has 0 aromatic rings. The van der Waals surface area contributed by atoms with Crippen LogP contribution in [0.5, 0.6) is 0 Å². The Kier molecular flexibility index (Phi) is 11.0. The predicted molar refractivity (Wildman–Crippen MR) is 86.9 cm³/mol. The molecule has 1 unspecified atom stereocenters. The smallest absolute Gasteiger partial charge is 0.354 e. The standard InChI is InChI=1S/C14H24N2O5.CH5N/c1-4-6-21-14(19)12(8-13(17)18)16-5-7-20-11(10-16)9-15(2)3;1-2/h8,11H,4-7,9-10H2,1-3H3,(H,17,18);2H2,1H3/b12-8-;. The molecule has 1 aliphatic heterocycles. The van der Waals surface area contributed by atoms with Crippen LogP contribution in [0, 0.1) is 0 Å². The summed E-state index contributed by atoms with van der Waals surface area (Å²) < 4.78 is 10.7. The van der Waals surface area contributed by atoms with Gasteiger partial charge in [0.25, 0.3) is 0 Å². The van der Waals surface area contributed by atoms with Gasteiger partial charge in [-0.1, -0.05) is 6.92 Å². The van der Waals surface area contributed by atoms with E-state index in [1.165, 1.54) is 7.05 Å². The van der Waals surface area contributed by atoms with Gasteiger partial charge in [0.1, 0.15) is 5.70 Å². The van der Waals surface area contributed by atoms with E-state index in [0.29, 0.717) is 32.7 Å². The number of nitrogens with two attached hydrogens (primary N) is 1. The second kappa shape index (κ2) is 11.9. The highest BCUT2D eigenvalue weighted by Gasteiger charge is 2.27. The molecule has 8 heteroatoms. The molecule has 1 atom stereocenters. The summed E-state index contributed by atoms with van der Waals surface area (Å²) in [5.74, 6) is -1.75. The van der Waals surface area contributed by atoms with Crippen molar-refractivity contribution in [3.8, 4) is 0 Å². The summed E-state index contributed by atoms with van der Waals surface area (Å²) >= 11 is 0. The summed E-state index contributed by atoms with van der Waals surface area (Å²) in [7, 11) is 5.37. The van der Waals surface area contributed by atoms with Crippen molar-refractivity contribution in [1.29, 1.82) is 0 Å². The minimum atomic E-state index is -1.16. The fourth-order valence-corrected chi connectivity index (χ4v) is 2.12. The molecular formula is C15H29N3O5. The van der Waals surface area contributed by atoms with E-state index in [1.54, 1.807) is 4.90 Å². The molecule has 0 saturated carbocycles. The zero-order valence-corrected chi connectivity index (χ0v) is 14.4. The molecule has 1 rings (SSSR count). The molecule has 8 nitrogen and oxygen atoms in total. The number of nitrogens with zero attached hydrogens (tertiary/aromatic N) is 2. The summed E-state index contributed by atoms with van der Waals surface area (Å²) in [4.78, 5) is 26.7. The Morgan fingerprint density at radius 3 is 2.61 bits per heavy atom. The molecule has 1 aliphatic rings. The average Bonchev–Trinajstić information content (AvgIpc) is 2.51. The van der Waals surface area contributed by atoms with Gasteiger partial charge in [-0.3, -0.25) is 0 Å². The van der Waals surface area contributed by atoms with Crippen molar-refractivity contribution in [3.05, 3.63) is 11.8 Å². The lowest BCUT2D eigenvalue weighted by molar-refractivity contribution is -0.143. The van der Waals surface area contributed by atoms with Gasteiger partial charge in [0.2, 0.25) is 0 Å². The van der Waals surface area contributed by atoms with E-state index in [-0.39, 0.29) is 18.4 Å². The largest absolute Gasteiger partial charge is 0.478 e. The average molecular weight is 331 g/mol. The lowest BCUT2D eigenvalue weighted by Gasteiger charge is -2.35. The van der Waals surface area contributed by atoms with Gasteiger partial charge in [-0.2, -0.15) is 0 Å². The number of hydrogen-bond acceptors (Lipinski definition) is 7. The number of rotatable bonds is 7. The summed E-state index contributed by atoms with van der Waals surface area (Å²) in [6.45, 7) is 4.27. The van der Waals surface area contributed by atoms with Crippen LogP contribution in [0.3, 0.4) is 0 Å². The van der Waals surface area contributed by atoms with Gasteiger partial charge in [-0.15, -0.1) is 0 Å². The first kappa shape index (κ1) is 21.4. The number of hydrogen-bond donors (Lipinski definition) is 2. The molecule has 0 spiro atoms. The molecule has 0 aromatic carbocycles. The van der Waals surface area contributed by atoms with E-state index in [1.807, 2.05) is 25.9 Å². The highest BCUT2D eigenvalue weighted by molar-refractivity contribution is 5.95. The van der Waals surface area contributed by atoms with Crippen LogP contribution in [0.2, 0.25) is 0 Å². The predicted octanol–water partition coefficient (Wildman–Crippen LogP) is -0.255. The summed E-state index contributed by atoms with van der Waals surface area (Å²) in [6.07, 6.45) is 1.54. The Morgan fingerprint density at radius 1 is 1.43 bits per heavy atom. The van der Waals surface area contributed by atoms with Crippen molar-refractivity contribution in [2.75, 3.05) is 54.0 Å². The molecule has 1 fully saturated rings. The van der Waals surface area contributed by atoms with E-state index in [4.69, 9.17) is 14.6 Å². The Morgan fingerprint density at radius 2 is 2.09 bits per heavy atom. The molecular weight excluding hydrogens is 302 g/mol. The minimum Gasteiger partial charge on any atom is -0.478 e. The number of ether oxygens (including phenoxy) is 2. The SMILES string of the molecule is CCCOC(=O)/C(=C/C(=O)O)N1CCOC(CN(C)C)C1.CN. The second-order valence-corrected chi connectivity index (χ2v) is 5.20. The highest BCUT2D eigenvalue weighted by Crippen LogP contribution is 2.14. The van der Waals surface area contributed by atoms with Gasteiger partial charge in [-0.25, -0.2) is 9.59 Å². The van der Waals surface area contributed by atoms with E-state index in [2.05, 4.69) is 5.73 Å². The number of carbonyl (C=O) groups excluding carboxylic acids is 1. The van der Waals surface area contributed by atoms with Crippen LogP contribution in [0.1, 0.15) is 13.3 Å². The monoisotopic (exact) mass is 331 g/mol. The van der Waals surface area contributed by atoms with E-state index in [0.717, 1.165) is 6.08 Å². The van der Waals surface area contributed by atoms with Crippen LogP contribution in [-0.4, -0.2) is 86.9 Å². The third kappa shape index (κ3) is 8.53. The molecule has 1 heterocycles. The maximum atomic E-state index is 12.0. The first-order chi connectivity index (χ1) is 10.9. The van der Waals surface area contributed by atoms with Crippen LogP contribution in [0.15, 0.2) is 11.8 Å². The molecule has 0 aromatic heterocycles. The fraction of sp³-hybridized carbons (Fsp3) is 0.733. The van der Waals surface area contributed by atoms with Crippen molar-refractivity contribution in [1.82, 2.24) is 9.80 Å². The molecule has 0 radical (unpaired) electrons. The maximum absolute atomic E-state index is 12.0. The quantitative estimate of drug-likeness (QED) is 0.486. The topological polar surface area (TPSA) is 105 Å². The molecule has 0 aliphatic carbocycles. The number of aliphatic carboxylic acids is 1. The molecule has 3 N–H and O–H groups in total. The molecule has 1 saturated heterocycles. The number of esters is 1. The molecule has 134 valence electrons. The van der Waals surface area contributed by atoms with Crippen LogP contribution in [-0.2, 0) is 19.1 Å². The first-order valence-corrected chi connectivity index (χ1v) is 7.64. The van der Waals surface area contributed by atoms with Gasteiger partial charge in [0.05, 0.1) is 25.4 Å². The van der Waals surface area contributed by atoms with E-state index >= 15 is 0 Å². The minimum absolute atomic E-state index is 0.0649. The molecule has 23 heavy (non-hydrogen) atoms. The molecule has 0 amide bonds. The van der Waals surface area contributed by atoms with Crippen molar-refractivity contribution < 1.29 is 24.2 Å². The maximum Gasteiger partial charge on any atom is 0.354 e. The number of carboxylic acids is 1. The summed E-state index contributed by atoms with van der Waals surface area (Å²) in [5, 5.41) is 8.95. The van der Waals surface area contributed by atoms with Crippen molar-refractivity contribution in [3.63, 3.8) is 0 Å². The van der Waals surface area contributed by atoms with Gasteiger partial charge >= 0.3 is 11.9 Å². The Labute approximate surface area is 137 Å². The van der Waals surface area contributed by atoms with Crippen LogP contribution >= 0.6 is 0 Å². The van der Waals surface area contributed by atoms with Gasteiger partial charge in [-0.05, 0) is 27.6 Å². The second-order valence-electron chi connectivity index (χ2n) is 5.20. The summed E-state index contributed by atoms with van der Waals surface area (Å²) in [5.41, 5.74) is 4.59. The number of morpholine rings is 1. The number of carbonyl (C=O) groups is 2. The third-order valence-electron chi connectivity index (χ3n) is 2.95. The molecule has 0 bridgehead atoms. The third-order valence-corrected chi connectivity index (χ3v) is 2.95. The Hall–Kier alpha value is -1.64. The lowest BCUT2D eigenvalue weighted by atomic mass is 10.2. The van der Waals surface area contributed by atoms with Crippen LogP contribution in [0.25, 0.3) is 0 Å². The zero-order chi connectivity index (χ0) is 17.8. The number of carboxylic acid groups (broad SMARTS) is 1. The van der Waals surface area contributed by atoms with Crippen LogP contribution in [0.4, 0.5) is 0 Å². The normalized spacial score (nSPS) is 18.3. The van der Waals surface area contributed by atoms with Crippen molar-refractivity contribution in [2.24, 2.45) is 5.73 Å². The Balaban J connectivity index is 0.00000232. The van der Waals surface area contributed by atoms with Crippen molar-refractivity contribution >= 4 is 11.9 Å². The highest BCUT2D eigenvalue weighted by atomic mass is 16.5.